The van der Waals surface area contributed by atoms with E-state index in [1.165, 1.54) is 22.3 Å². The summed E-state index contributed by atoms with van der Waals surface area (Å²) in [4.78, 5) is 10.8. The second kappa shape index (κ2) is 5.47. The first kappa shape index (κ1) is 12.9. The number of carbonyl (C=O) groups excluding carboxylic acids is 1. The quantitative estimate of drug-likeness (QED) is 0.817. The Bertz CT molecular complexity index is 591. The summed E-state index contributed by atoms with van der Waals surface area (Å²) < 4.78 is 0. The number of fused-ring (bicyclic) bond motifs is 3. The largest absolute Gasteiger partial charge is 0.370 e. The first-order chi connectivity index (χ1) is 9.77. The van der Waals surface area contributed by atoms with Crippen LogP contribution in [0.1, 0.15) is 30.0 Å². The van der Waals surface area contributed by atoms with E-state index in [1.807, 2.05) is 0 Å². The van der Waals surface area contributed by atoms with E-state index >= 15 is 0 Å². The van der Waals surface area contributed by atoms with Crippen molar-refractivity contribution >= 4 is 5.91 Å². The molecule has 3 nitrogen and oxygen atoms in total. The molecule has 3 heteroatoms. The molecule has 1 aliphatic rings. The highest BCUT2D eigenvalue weighted by Crippen LogP contribution is 2.42. The second-order valence-electron chi connectivity index (χ2n) is 5.13. The average Bonchev–Trinajstić information content (AvgIpc) is 2.78. The maximum atomic E-state index is 10.8. The molecule has 0 fully saturated rings. The van der Waals surface area contributed by atoms with Gasteiger partial charge in [0.15, 0.2) is 0 Å². The highest BCUT2D eigenvalue weighted by Gasteiger charge is 2.27. The third-order valence-electron chi connectivity index (χ3n) is 3.78. The molecule has 0 aliphatic heterocycles. The van der Waals surface area contributed by atoms with Gasteiger partial charge in [-0.25, -0.2) is 0 Å². The molecular formula is C17H18N2O. The number of carbonyl (C=O) groups is 1. The summed E-state index contributed by atoms with van der Waals surface area (Å²) in [5, 5.41) is 3.54. The molecule has 102 valence electrons. The fraction of sp³-hybridized carbons (Fsp3) is 0.235. The van der Waals surface area contributed by atoms with Gasteiger partial charge >= 0.3 is 0 Å². The molecule has 0 unspecified atom stereocenters. The smallest absolute Gasteiger partial charge is 0.217 e. The molecule has 0 aromatic heterocycles. The summed E-state index contributed by atoms with van der Waals surface area (Å²) in [6.07, 6.45) is 1.21. The van der Waals surface area contributed by atoms with Crippen LogP contribution >= 0.6 is 0 Å². The highest BCUT2D eigenvalue weighted by atomic mass is 16.1. The van der Waals surface area contributed by atoms with E-state index in [-0.39, 0.29) is 11.9 Å². The number of hydrogen-bond donors (Lipinski definition) is 2. The minimum atomic E-state index is -0.237. The number of nitrogens with one attached hydrogen (secondary N) is 1. The molecule has 0 heterocycles. The fourth-order valence-corrected chi connectivity index (χ4v) is 2.88. The molecule has 1 amide bonds. The van der Waals surface area contributed by atoms with E-state index in [0.717, 1.165) is 13.0 Å². The Labute approximate surface area is 118 Å². The van der Waals surface area contributed by atoms with Crippen molar-refractivity contribution in [2.45, 2.75) is 18.9 Å². The van der Waals surface area contributed by atoms with Crippen molar-refractivity contribution < 1.29 is 4.79 Å². The van der Waals surface area contributed by atoms with Gasteiger partial charge in [-0.1, -0.05) is 48.5 Å². The molecule has 2 aromatic rings. The van der Waals surface area contributed by atoms with Crippen molar-refractivity contribution in [3.05, 3.63) is 59.7 Å². The van der Waals surface area contributed by atoms with Crippen molar-refractivity contribution in [2.75, 3.05) is 6.54 Å². The molecule has 0 bridgehead atoms. The van der Waals surface area contributed by atoms with Gasteiger partial charge in [0.05, 0.1) is 6.04 Å². The van der Waals surface area contributed by atoms with Gasteiger partial charge in [-0.15, -0.1) is 0 Å². The molecule has 20 heavy (non-hydrogen) atoms. The van der Waals surface area contributed by atoms with Crippen LogP contribution in [0.5, 0.6) is 0 Å². The van der Waals surface area contributed by atoms with Crippen LogP contribution < -0.4 is 11.1 Å². The van der Waals surface area contributed by atoms with Gasteiger partial charge < -0.3 is 11.1 Å². The third kappa shape index (κ3) is 2.32. The van der Waals surface area contributed by atoms with Crippen LogP contribution in [0.2, 0.25) is 0 Å². The number of nitrogens with two attached hydrogens (primary N) is 1. The zero-order valence-electron chi connectivity index (χ0n) is 11.3. The van der Waals surface area contributed by atoms with E-state index in [9.17, 15) is 4.79 Å². The maximum Gasteiger partial charge on any atom is 0.217 e. The number of hydrogen-bond acceptors (Lipinski definition) is 2. The number of primary amides is 1. The molecule has 0 spiro atoms. The lowest BCUT2D eigenvalue weighted by atomic mass is 10.1. The van der Waals surface area contributed by atoms with Gasteiger partial charge in [-0.2, -0.15) is 0 Å². The zero-order chi connectivity index (χ0) is 13.9. The molecule has 0 saturated carbocycles. The second-order valence-corrected chi connectivity index (χ2v) is 5.13. The lowest BCUT2D eigenvalue weighted by Crippen LogP contribution is -2.23. The zero-order valence-corrected chi connectivity index (χ0v) is 11.3. The molecular weight excluding hydrogens is 248 g/mol. The number of benzene rings is 2. The van der Waals surface area contributed by atoms with Gasteiger partial charge in [0, 0.05) is 6.42 Å². The fourth-order valence-electron chi connectivity index (χ4n) is 2.88. The highest BCUT2D eigenvalue weighted by molar-refractivity contribution is 5.78. The molecule has 2 aromatic carbocycles. The number of amides is 1. The molecule has 3 rings (SSSR count). The Kier molecular flexibility index (Phi) is 3.52. The van der Waals surface area contributed by atoms with E-state index in [0.29, 0.717) is 6.42 Å². The maximum absolute atomic E-state index is 10.8. The van der Waals surface area contributed by atoms with Crippen molar-refractivity contribution in [3.63, 3.8) is 0 Å². The predicted molar refractivity (Wildman–Crippen MR) is 80.2 cm³/mol. The summed E-state index contributed by atoms with van der Waals surface area (Å²) in [5.41, 5.74) is 10.4. The SMILES string of the molecule is NC(=O)CCCNC1c2ccccc2-c2ccccc21. The Morgan fingerprint density at radius 3 is 2.10 bits per heavy atom. The lowest BCUT2D eigenvalue weighted by molar-refractivity contribution is -0.118. The molecule has 0 radical (unpaired) electrons. The molecule has 3 N–H and O–H groups in total. The van der Waals surface area contributed by atoms with Crippen LogP contribution in [0.4, 0.5) is 0 Å². The van der Waals surface area contributed by atoms with Crippen molar-refractivity contribution in [1.82, 2.24) is 5.32 Å². The monoisotopic (exact) mass is 266 g/mol. The first-order valence-corrected chi connectivity index (χ1v) is 6.97. The summed E-state index contributed by atoms with van der Waals surface area (Å²) in [7, 11) is 0. The standard InChI is InChI=1S/C17H18N2O/c18-16(20)10-5-11-19-17-14-8-3-1-6-12(14)13-7-2-4-9-15(13)17/h1-4,6-9,17,19H,5,10-11H2,(H2,18,20). The Hall–Kier alpha value is -2.13. The van der Waals surface area contributed by atoms with Gasteiger partial charge in [0.25, 0.3) is 0 Å². The van der Waals surface area contributed by atoms with E-state index in [1.54, 1.807) is 0 Å². The van der Waals surface area contributed by atoms with Gasteiger partial charge in [-0.3, -0.25) is 4.79 Å². The lowest BCUT2D eigenvalue weighted by Gasteiger charge is -2.15. The van der Waals surface area contributed by atoms with Gasteiger partial charge in [-0.05, 0) is 35.2 Å². The van der Waals surface area contributed by atoms with Crippen LogP contribution in [0.25, 0.3) is 11.1 Å². The van der Waals surface area contributed by atoms with Crippen LogP contribution in [0.15, 0.2) is 48.5 Å². The van der Waals surface area contributed by atoms with Crippen molar-refractivity contribution in [3.8, 4) is 11.1 Å². The van der Waals surface area contributed by atoms with E-state index in [2.05, 4.69) is 53.8 Å². The normalized spacial score (nSPS) is 13.0. The Morgan fingerprint density at radius 1 is 1.00 bits per heavy atom. The first-order valence-electron chi connectivity index (χ1n) is 6.97. The van der Waals surface area contributed by atoms with Crippen molar-refractivity contribution in [1.29, 1.82) is 0 Å². The average molecular weight is 266 g/mol. The Morgan fingerprint density at radius 2 is 1.55 bits per heavy atom. The summed E-state index contributed by atoms with van der Waals surface area (Å²) in [6.45, 7) is 0.788. The van der Waals surface area contributed by atoms with Crippen LogP contribution in [-0.4, -0.2) is 12.5 Å². The Balaban J connectivity index is 1.82. The molecule has 0 saturated heterocycles. The number of rotatable bonds is 5. The predicted octanol–water partition coefficient (Wildman–Crippen LogP) is 2.61. The summed E-state index contributed by atoms with van der Waals surface area (Å²) in [6, 6.07) is 17.2. The van der Waals surface area contributed by atoms with E-state index < -0.39 is 0 Å². The van der Waals surface area contributed by atoms with Gasteiger partial charge in [0.2, 0.25) is 5.91 Å². The van der Waals surface area contributed by atoms with Crippen molar-refractivity contribution in [2.24, 2.45) is 5.73 Å². The van der Waals surface area contributed by atoms with Crippen LogP contribution in [0.3, 0.4) is 0 Å². The molecule has 1 aliphatic carbocycles. The summed E-state index contributed by atoms with van der Waals surface area (Å²) in [5.74, 6) is -0.237. The minimum Gasteiger partial charge on any atom is -0.370 e. The minimum absolute atomic E-state index is 0.218. The van der Waals surface area contributed by atoms with Crippen LogP contribution in [-0.2, 0) is 4.79 Å². The van der Waals surface area contributed by atoms with Crippen LogP contribution in [0, 0.1) is 0 Å². The van der Waals surface area contributed by atoms with Gasteiger partial charge in [0.1, 0.15) is 0 Å². The molecule has 0 atom stereocenters. The van der Waals surface area contributed by atoms with E-state index in [4.69, 9.17) is 5.73 Å². The third-order valence-corrected chi connectivity index (χ3v) is 3.78. The topological polar surface area (TPSA) is 55.1 Å². The summed E-state index contributed by atoms with van der Waals surface area (Å²) >= 11 is 0.